The third-order valence-corrected chi connectivity index (χ3v) is 3.29. The molecule has 0 radical (unpaired) electrons. The van der Waals surface area contributed by atoms with Gasteiger partial charge >= 0.3 is 0 Å². The minimum absolute atomic E-state index is 0.161. The van der Waals surface area contributed by atoms with E-state index in [4.69, 9.17) is 11.6 Å². The molecule has 0 aliphatic carbocycles. The van der Waals surface area contributed by atoms with Gasteiger partial charge in [-0.15, -0.1) is 0 Å². The van der Waals surface area contributed by atoms with E-state index in [0.717, 1.165) is 5.56 Å². The summed E-state index contributed by atoms with van der Waals surface area (Å²) in [4.78, 5) is 23.7. The summed E-state index contributed by atoms with van der Waals surface area (Å²) in [5.74, 6) is -0.404. The molecule has 0 fully saturated rings. The van der Waals surface area contributed by atoms with Gasteiger partial charge in [0, 0.05) is 28.9 Å². The molecule has 0 atom stereocenters. The molecule has 2 amide bonds. The van der Waals surface area contributed by atoms with Crippen LogP contribution in [0.5, 0.6) is 0 Å². The number of anilines is 1. The number of carbonyl (C=O) groups excluding carboxylic acids is 2. The summed E-state index contributed by atoms with van der Waals surface area (Å²) < 4.78 is 0. The number of rotatable bonds is 3. The van der Waals surface area contributed by atoms with Gasteiger partial charge in [0.1, 0.15) is 0 Å². The van der Waals surface area contributed by atoms with E-state index >= 15 is 0 Å². The Morgan fingerprint density at radius 3 is 2.33 bits per heavy atom. The van der Waals surface area contributed by atoms with Crippen LogP contribution >= 0.6 is 11.6 Å². The molecule has 4 nitrogen and oxygen atoms in total. The first-order valence-corrected chi connectivity index (χ1v) is 6.78. The molecular formula is C16H15ClN2O2. The molecule has 0 spiro atoms. The van der Waals surface area contributed by atoms with E-state index in [1.54, 1.807) is 49.5 Å². The maximum absolute atomic E-state index is 12.1. The zero-order valence-electron chi connectivity index (χ0n) is 11.7. The summed E-state index contributed by atoms with van der Waals surface area (Å²) in [6.45, 7) is 1.83. The molecule has 0 heterocycles. The normalized spacial score (nSPS) is 10.0. The van der Waals surface area contributed by atoms with Crippen LogP contribution in [0, 0.1) is 6.92 Å². The predicted octanol–water partition coefficient (Wildman–Crippen LogP) is 3.26. The van der Waals surface area contributed by atoms with Crippen molar-refractivity contribution in [1.82, 2.24) is 5.32 Å². The van der Waals surface area contributed by atoms with Crippen molar-refractivity contribution in [3.05, 3.63) is 64.2 Å². The molecule has 0 saturated heterocycles. The van der Waals surface area contributed by atoms with Gasteiger partial charge in [0.15, 0.2) is 0 Å². The minimum Gasteiger partial charge on any atom is -0.355 e. The highest BCUT2D eigenvalue weighted by atomic mass is 35.5. The highest BCUT2D eigenvalue weighted by molar-refractivity contribution is 6.31. The first-order chi connectivity index (χ1) is 10.0. The van der Waals surface area contributed by atoms with Gasteiger partial charge < -0.3 is 10.6 Å². The van der Waals surface area contributed by atoms with Crippen LogP contribution in [0.1, 0.15) is 26.3 Å². The molecule has 5 heteroatoms. The zero-order chi connectivity index (χ0) is 15.4. The molecule has 21 heavy (non-hydrogen) atoms. The number of hydrogen-bond acceptors (Lipinski definition) is 2. The Labute approximate surface area is 128 Å². The molecule has 2 aromatic rings. The van der Waals surface area contributed by atoms with Crippen LogP contribution in [-0.2, 0) is 0 Å². The Kier molecular flexibility index (Phi) is 4.60. The van der Waals surface area contributed by atoms with Gasteiger partial charge in [-0.2, -0.15) is 0 Å². The Balaban J connectivity index is 2.20. The average molecular weight is 303 g/mol. The van der Waals surface area contributed by atoms with Crippen molar-refractivity contribution in [1.29, 1.82) is 0 Å². The zero-order valence-corrected chi connectivity index (χ0v) is 12.5. The fourth-order valence-electron chi connectivity index (χ4n) is 1.91. The van der Waals surface area contributed by atoms with Crippen molar-refractivity contribution in [2.45, 2.75) is 6.92 Å². The third-order valence-electron chi connectivity index (χ3n) is 3.05. The quantitative estimate of drug-likeness (QED) is 0.914. The number of carbonyl (C=O) groups is 2. The fourth-order valence-corrected chi connectivity index (χ4v) is 2.10. The Bertz CT molecular complexity index is 698. The summed E-state index contributed by atoms with van der Waals surface area (Å²) >= 11 is 5.87. The van der Waals surface area contributed by atoms with Crippen LogP contribution in [0.3, 0.4) is 0 Å². The number of hydrogen-bond donors (Lipinski definition) is 2. The van der Waals surface area contributed by atoms with Gasteiger partial charge in [-0.05, 0) is 48.9 Å². The molecule has 0 saturated carbocycles. The van der Waals surface area contributed by atoms with Gasteiger partial charge in [-0.1, -0.05) is 17.7 Å². The molecule has 0 bridgehead atoms. The Morgan fingerprint density at radius 2 is 1.71 bits per heavy atom. The minimum atomic E-state index is -0.242. The summed E-state index contributed by atoms with van der Waals surface area (Å²) in [7, 11) is 1.58. The van der Waals surface area contributed by atoms with Crippen LogP contribution in [0.2, 0.25) is 5.02 Å². The van der Waals surface area contributed by atoms with Crippen molar-refractivity contribution >= 4 is 29.1 Å². The average Bonchev–Trinajstić information content (AvgIpc) is 2.48. The highest BCUT2D eigenvalue weighted by Crippen LogP contribution is 2.18. The topological polar surface area (TPSA) is 58.2 Å². The summed E-state index contributed by atoms with van der Waals surface area (Å²) in [6.07, 6.45) is 0. The number of halogens is 1. The van der Waals surface area contributed by atoms with Gasteiger partial charge in [0.05, 0.1) is 0 Å². The third kappa shape index (κ3) is 3.61. The van der Waals surface area contributed by atoms with Crippen LogP contribution in [-0.4, -0.2) is 18.9 Å². The molecule has 0 aliphatic rings. The first kappa shape index (κ1) is 15.1. The Morgan fingerprint density at radius 1 is 1.00 bits per heavy atom. The number of benzene rings is 2. The predicted molar refractivity (Wildman–Crippen MR) is 84.0 cm³/mol. The molecule has 2 rings (SSSR count). The largest absolute Gasteiger partial charge is 0.355 e. The Hall–Kier alpha value is -2.33. The van der Waals surface area contributed by atoms with Crippen LogP contribution < -0.4 is 10.6 Å². The van der Waals surface area contributed by atoms with Crippen molar-refractivity contribution < 1.29 is 9.59 Å². The SMILES string of the molecule is CNC(=O)c1ccc(NC(=O)c2cccc(Cl)c2)c(C)c1. The molecule has 0 unspecified atom stereocenters. The van der Waals surface area contributed by atoms with Crippen LogP contribution in [0.25, 0.3) is 0 Å². The number of nitrogens with one attached hydrogen (secondary N) is 2. The van der Waals surface area contributed by atoms with Gasteiger partial charge in [0.25, 0.3) is 11.8 Å². The van der Waals surface area contributed by atoms with E-state index in [-0.39, 0.29) is 11.8 Å². The second-order valence-corrected chi connectivity index (χ2v) is 5.01. The molecule has 2 N–H and O–H groups in total. The van der Waals surface area contributed by atoms with E-state index < -0.39 is 0 Å². The summed E-state index contributed by atoms with van der Waals surface area (Å²) in [5, 5.41) is 5.88. The van der Waals surface area contributed by atoms with Gasteiger partial charge in [0.2, 0.25) is 0 Å². The van der Waals surface area contributed by atoms with Crippen LogP contribution in [0.4, 0.5) is 5.69 Å². The van der Waals surface area contributed by atoms with Crippen molar-refractivity contribution in [3.8, 4) is 0 Å². The van der Waals surface area contributed by atoms with E-state index in [1.165, 1.54) is 0 Å². The standard InChI is InChI=1S/C16H15ClN2O2/c1-10-8-12(15(20)18-2)6-7-14(10)19-16(21)11-4-3-5-13(17)9-11/h3-9H,1-2H3,(H,18,20)(H,19,21). The monoisotopic (exact) mass is 302 g/mol. The van der Waals surface area contributed by atoms with E-state index in [1.807, 2.05) is 6.92 Å². The fraction of sp³-hybridized carbons (Fsp3) is 0.125. The smallest absolute Gasteiger partial charge is 0.255 e. The molecule has 108 valence electrons. The molecular weight excluding hydrogens is 288 g/mol. The maximum atomic E-state index is 12.1. The summed E-state index contributed by atoms with van der Waals surface area (Å²) in [6, 6.07) is 11.8. The molecule has 0 aliphatic heterocycles. The lowest BCUT2D eigenvalue weighted by Crippen LogP contribution is -2.18. The number of amides is 2. The lowest BCUT2D eigenvalue weighted by atomic mass is 10.1. The van der Waals surface area contributed by atoms with Gasteiger partial charge in [-0.3, -0.25) is 9.59 Å². The molecule has 0 aromatic heterocycles. The van der Waals surface area contributed by atoms with Gasteiger partial charge in [-0.25, -0.2) is 0 Å². The highest BCUT2D eigenvalue weighted by Gasteiger charge is 2.10. The summed E-state index contributed by atoms with van der Waals surface area (Å²) in [5.41, 5.74) is 2.51. The first-order valence-electron chi connectivity index (χ1n) is 6.41. The van der Waals surface area contributed by atoms with Crippen LogP contribution in [0.15, 0.2) is 42.5 Å². The van der Waals surface area contributed by atoms with Crippen molar-refractivity contribution in [3.63, 3.8) is 0 Å². The van der Waals surface area contributed by atoms with E-state index in [2.05, 4.69) is 10.6 Å². The maximum Gasteiger partial charge on any atom is 0.255 e. The van der Waals surface area contributed by atoms with E-state index in [0.29, 0.717) is 21.8 Å². The lowest BCUT2D eigenvalue weighted by Gasteiger charge is -2.10. The van der Waals surface area contributed by atoms with E-state index in [9.17, 15) is 9.59 Å². The van der Waals surface area contributed by atoms with Crippen molar-refractivity contribution in [2.75, 3.05) is 12.4 Å². The molecule has 2 aromatic carbocycles. The second-order valence-electron chi connectivity index (χ2n) is 4.57. The second kappa shape index (κ2) is 6.41. The lowest BCUT2D eigenvalue weighted by molar-refractivity contribution is 0.0962. The number of aryl methyl sites for hydroxylation is 1. The van der Waals surface area contributed by atoms with Crippen molar-refractivity contribution in [2.24, 2.45) is 0 Å².